The van der Waals surface area contributed by atoms with Gasteiger partial charge in [0.05, 0.1) is 12.5 Å². The van der Waals surface area contributed by atoms with Gasteiger partial charge in [0.15, 0.2) is 0 Å². The molecule has 0 saturated heterocycles. The van der Waals surface area contributed by atoms with Gasteiger partial charge in [-0.2, -0.15) is 5.26 Å². The van der Waals surface area contributed by atoms with Crippen molar-refractivity contribution < 1.29 is 0 Å². The van der Waals surface area contributed by atoms with Crippen molar-refractivity contribution in [1.29, 1.82) is 5.26 Å². The molecule has 1 heterocycles. The molecule has 2 nitrogen and oxygen atoms in total. The van der Waals surface area contributed by atoms with E-state index >= 15 is 0 Å². The smallest absolute Gasteiger partial charge is 0.0640 e. The van der Waals surface area contributed by atoms with E-state index in [9.17, 15) is 0 Å². The van der Waals surface area contributed by atoms with Crippen molar-refractivity contribution in [3.8, 4) is 6.07 Å². The lowest BCUT2D eigenvalue weighted by atomic mass is 10.2. The van der Waals surface area contributed by atoms with E-state index < -0.39 is 0 Å². The van der Waals surface area contributed by atoms with Crippen LogP contribution in [0.1, 0.15) is 12.0 Å². The molecule has 1 aliphatic heterocycles. The highest BCUT2D eigenvalue weighted by atomic mass is 35.5. The lowest BCUT2D eigenvalue weighted by Gasteiger charge is -2.17. The fourth-order valence-electron chi connectivity index (χ4n) is 1.86. The number of benzene rings is 1. The van der Waals surface area contributed by atoms with E-state index in [-0.39, 0.29) is 0 Å². The molecule has 0 N–H and O–H groups in total. The van der Waals surface area contributed by atoms with E-state index in [1.54, 1.807) is 0 Å². The molecule has 0 amide bonds. The summed E-state index contributed by atoms with van der Waals surface area (Å²) in [6, 6.07) is 8.14. The Kier molecular flexibility index (Phi) is 2.60. The van der Waals surface area contributed by atoms with Crippen molar-refractivity contribution in [2.24, 2.45) is 0 Å². The minimum atomic E-state index is 0.585. The molecule has 0 fully saturated rings. The lowest BCUT2D eigenvalue weighted by Crippen LogP contribution is -2.21. The van der Waals surface area contributed by atoms with Crippen LogP contribution in [-0.4, -0.2) is 13.1 Å². The van der Waals surface area contributed by atoms with E-state index in [0.29, 0.717) is 6.42 Å². The SMILES string of the molecule is N#CCCN1CCc2cc(Cl)ccc21. The second-order valence-corrected chi connectivity index (χ2v) is 3.85. The van der Waals surface area contributed by atoms with Crippen molar-refractivity contribution in [1.82, 2.24) is 0 Å². The van der Waals surface area contributed by atoms with Gasteiger partial charge in [-0.15, -0.1) is 0 Å². The summed E-state index contributed by atoms with van der Waals surface area (Å²) in [5.74, 6) is 0. The van der Waals surface area contributed by atoms with Crippen LogP contribution in [0.25, 0.3) is 0 Å². The summed E-state index contributed by atoms with van der Waals surface area (Å²) in [7, 11) is 0. The maximum absolute atomic E-state index is 8.52. The maximum atomic E-state index is 8.52. The molecule has 72 valence electrons. The average Bonchev–Trinajstić information content (AvgIpc) is 2.57. The number of rotatable bonds is 2. The zero-order chi connectivity index (χ0) is 9.97. The quantitative estimate of drug-likeness (QED) is 0.744. The Labute approximate surface area is 88.7 Å². The van der Waals surface area contributed by atoms with Crippen LogP contribution >= 0.6 is 11.6 Å². The van der Waals surface area contributed by atoms with Crippen molar-refractivity contribution >= 4 is 17.3 Å². The van der Waals surface area contributed by atoms with Gasteiger partial charge in [-0.05, 0) is 30.2 Å². The number of hydrogen-bond donors (Lipinski definition) is 0. The first-order valence-corrected chi connectivity index (χ1v) is 5.09. The van der Waals surface area contributed by atoms with Gasteiger partial charge >= 0.3 is 0 Å². The topological polar surface area (TPSA) is 27.0 Å². The van der Waals surface area contributed by atoms with Crippen molar-refractivity contribution in [3.63, 3.8) is 0 Å². The zero-order valence-corrected chi connectivity index (χ0v) is 8.59. The summed E-state index contributed by atoms with van der Waals surface area (Å²) in [5.41, 5.74) is 2.54. The summed E-state index contributed by atoms with van der Waals surface area (Å²) >= 11 is 5.90. The van der Waals surface area contributed by atoms with Crippen LogP contribution in [0.3, 0.4) is 0 Å². The molecule has 0 atom stereocenters. The van der Waals surface area contributed by atoms with Crippen LogP contribution in [0.15, 0.2) is 18.2 Å². The van der Waals surface area contributed by atoms with Crippen molar-refractivity contribution in [2.45, 2.75) is 12.8 Å². The molecule has 3 heteroatoms. The molecule has 1 aliphatic rings. The number of hydrogen-bond acceptors (Lipinski definition) is 2. The molecular weight excluding hydrogens is 196 g/mol. The van der Waals surface area contributed by atoms with Gasteiger partial charge in [-0.1, -0.05) is 11.6 Å². The number of nitrogens with zero attached hydrogens (tertiary/aromatic N) is 2. The van der Waals surface area contributed by atoms with Gasteiger partial charge in [-0.25, -0.2) is 0 Å². The number of nitriles is 1. The molecule has 0 bridgehead atoms. The number of halogens is 1. The Morgan fingerprint density at radius 2 is 2.36 bits per heavy atom. The summed E-state index contributed by atoms with van der Waals surface area (Å²) < 4.78 is 0. The molecule has 1 aromatic carbocycles. The summed E-state index contributed by atoms with van der Waals surface area (Å²) in [6.07, 6.45) is 1.63. The lowest BCUT2D eigenvalue weighted by molar-refractivity contribution is 0.831. The van der Waals surface area contributed by atoms with Crippen LogP contribution in [0.2, 0.25) is 5.02 Å². The van der Waals surface area contributed by atoms with Gasteiger partial charge < -0.3 is 4.90 Å². The summed E-state index contributed by atoms with van der Waals surface area (Å²) in [6.45, 7) is 1.84. The van der Waals surface area contributed by atoms with E-state index in [4.69, 9.17) is 16.9 Å². The molecule has 0 aromatic heterocycles. The van der Waals surface area contributed by atoms with Gasteiger partial charge in [-0.3, -0.25) is 0 Å². The van der Waals surface area contributed by atoms with E-state index in [1.165, 1.54) is 11.3 Å². The van der Waals surface area contributed by atoms with Crippen LogP contribution in [0, 0.1) is 11.3 Å². The first-order valence-electron chi connectivity index (χ1n) is 4.71. The predicted molar refractivity (Wildman–Crippen MR) is 57.6 cm³/mol. The molecule has 0 unspecified atom stereocenters. The Morgan fingerprint density at radius 3 is 3.14 bits per heavy atom. The van der Waals surface area contributed by atoms with Crippen molar-refractivity contribution in [3.05, 3.63) is 28.8 Å². The third kappa shape index (κ3) is 1.69. The molecule has 2 rings (SSSR count). The van der Waals surface area contributed by atoms with Crippen LogP contribution in [-0.2, 0) is 6.42 Å². The molecular formula is C11H11ClN2. The third-order valence-corrected chi connectivity index (χ3v) is 2.76. The Hall–Kier alpha value is -1.20. The van der Waals surface area contributed by atoms with E-state index in [2.05, 4.69) is 11.0 Å². The van der Waals surface area contributed by atoms with Gasteiger partial charge in [0.2, 0.25) is 0 Å². The highest BCUT2D eigenvalue weighted by molar-refractivity contribution is 6.30. The first kappa shape index (κ1) is 9.36. The van der Waals surface area contributed by atoms with E-state index in [0.717, 1.165) is 24.5 Å². The Bertz CT molecular complexity index is 381. The Morgan fingerprint density at radius 1 is 1.50 bits per heavy atom. The molecule has 0 spiro atoms. The highest BCUT2D eigenvalue weighted by Crippen LogP contribution is 2.30. The predicted octanol–water partition coefficient (Wildman–Crippen LogP) is 2.62. The number of anilines is 1. The zero-order valence-electron chi connectivity index (χ0n) is 7.83. The third-order valence-electron chi connectivity index (χ3n) is 2.53. The molecule has 1 aromatic rings. The monoisotopic (exact) mass is 206 g/mol. The normalized spacial score (nSPS) is 13.9. The van der Waals surface area contributed by atoms with E-state index in [1.807, 2.05) is 18.2 Å². The molecule has 0 radical (unpaired) electrons. The van der Waals surface area contributed by atoms with Crippen LogP contribution in [0.5, 0.6) is 0 Å². The minimum Gasteiger partial charge on any atom is -0.370 e. The number of fused-ring (bicyclic) bond motifs is 1. The highest BCUT2D eigenvalue weighted by Gasteiger charge is 2.18. The van der Waals surface area contributed by atoms with Gasteiger partial charge in [0.25, 0.3) is 0 Å². The van der Waals surface area contributed by atoms with Gasteiger partial charge in [0, 0.05) is 23.8 Å². The first-order chi connectivity index (χ1) is 6.81. The maximum Gasteiger partial charge on any atom is 0.0640 e. The molecule has 14 heavy (non-hydrogen) atoms. The molecule has 0 saturated carbocycles. The summed E-state index contributed by atoms with van der Waals surface area (Å²) in [4.78, 5) is 2.24. The minimum absolute atomic E-state index is 0.585. The average molecular weight is 207 g/mol. The Balaban J connectivity index is 2.19. The largest absolute Gasteiger partial charge is 0.370 e. The standard InChI is InChI=1S/C11H11ClN2/c12-10-2-3-11-9(8-10)4-7-14(11)6-1-5-13/h2-3,8H,1,4,6-7H2. The fraction of sp³-hybridized carbons (Fsp3) is 0.364. The van der Waals surface area contributed by atoms with Crippen molar-refractivity contribution in [2.75, 3.05) is 18.0 Å². The van der Waals surface area contributed by atoms with Gasteiger partial charge in [0.1, 0.15) is 0 Å². The second-order valence-electron chi connectivity index (χ2n) is 3.42. The van der Waals surface area contributed by atoms with Crippen LogP contribution < -0.4 is 4.90 Å². The summed E-state index contributed by atoms with van der Waals surface area (Å²) in [5, 5.41) is 9.32. The fourth-order valence-corrected chi connectivity index (χ4v) is 2.05. The van der Waals surface area contributed by atoms with Crippen LogP contribution in [0.4, 0.5) is 5.69 Å². The second kappa shape index (κ2) is 3.89. The molecule has 0 aliphatic carbocycles.